The molecule has 2 aliphatic rings. The van der Waals surface area contributed by atoms with E-state index in [2.05, 4.69) is 14.9 Å². The third-order valence-corrected chi connectivity index (χ3v) is 7.96. The van der Waals surface area contributed by atoms with Crippen LogP contribution in [0.1, 0.15) is 26.4 Å². The van der Waals surface area contributed by atoms with Crippen molar-refractivity contribution in [3.8, 4) is 11.1 Å². The molecule has 4 heterocycles. The fraction of sp³-hybridized carbons (Fsp3) is 0.296. The number of hydrogen-bond acceptors (Lipinski definition) is 5. The summed E-state index contributed by atoms with van der Waals surface area (Å²) in [6.45, 7) is 4.10. The van der Waals surface area contributed by atoms with E-state index >= 15 is 0 Å². The highest BCUT2D eigenvalue weighted by atomic mass is 32.1. The van der Waals surface area contributed by atoms with Crippen molar-refractivity contribution in [1.82, 2.24) is 24.7 Å². The highest BCUT2D eigenvalue weighted by molar-refractivity contribution is 7.07. The zero-order chi connectivity index (χ0) is 26.4. The first-order valence-electron chi connectivity index (χ1n) is 12.3. The van der Waals surface area contributed by atoms with Gasteiger partial charge in [0, 0.05) is 78.9 Å². The maximum atomic E-state index is 13.1. The number of aromatic nitrogens is 2. The summed E-state index contributed by atoms with van der Waals surface area (Å²) in [7, 11) is 0. The van der Waals surface area contributed by atoms with Crippen molar-refractivity contribution >= 4 is 34.1 Å². The van der Waals surface area contributed by atoms with Crippen molar-refractivity contribution in [3.05, 3.63) is 76.4 Å². The Morgan fingerprint density at radius 2 is 1.68 bits per heavy atom. The van der Waals surface area contributed by atoms with E-state index < -0.39 is 11.7 Å². The van der Waals surface area contributed by atoms with Crippen LogP contribution in [0.2, 0.25) is 0 Å². The van der Waals surface area contributed by atoms with Crippen LogP contribution < -0.4 is 0 Å². The average molecular weight is 540 g/mol. The molecular weight excluding hydrogens is 515 g/mol. The number of carbonyl (C=O) groups excluding carboxylic acids is 2. The lowest BCUT2D eigenvalue weighted by molar-refractivity contribution is -0.137. The number of carbonyl (C=O) groups is 2. The predicted molar refractivity (Wildman–Crippen MR) is 138 cm³/mol. The van der Waals surface area contributed by atoms with Gasteiger partial charge in [0.1, 0.15) is 5.69 Å². The molecule has 0 radical (unpaired) electrons. The smallest absolute Gasteiger partial charge is 0.361 e. The van der Waals surface area contributed by atoms with Crippen LogP contribution in [-0.2, 0) is 6.18 Å². The molecule has 2 amide bonds. The van der Waals surface area contributed by atoms with Crippen LogP contribution in [0, 0.1) is 0 Å². The fourth-order valence-corrected chi connectivity index (χ4v) is 5.67. The van der Waals surface area contributed by atoms with Gasteiger partial charge < -0.3 is 14.8 Å². The van der Waals surface area contributed by atoms with Crippen LogP contribution >= 0.6 is 11.3 Å². The van der Waals surface area contributed by atoms with Crippen LogP contribution in [0.3, 0.4) is 0 Å². The number of piperazine rings is 1. The van der Waals surface area contributed by atoms with Crippen molar-refractivity contribution in [2.45, 2.75) is 12.2 Å². The monoisotopic (exact) mass is 539 g/mol. The number of nitrogens with one attached hydrogen (secondary N) is 1. The number of nitrogens with zero attached hydrogens (tertiary/aromatic N) is 4. The normalized spacial score (nSPS) is 17.1. The van der Waals surface area contributed by atoms with Crippen molar-refractivity contribution < 1.29 is 22.8 Å². The average Bonchev–Trinajstić information content (AvgIpc) is 3.57. The number of rotatable bonds is 4. The van der Waals surface area contributed by atoms with Crippen LogP contribution in [-0.4, -0.2) is 81.8 Å². The molecule has 2 saturated heterocycles. The molecule has 11 heteroatoms. The van der Waals surface area contributed by atoms with Gasteiger partial charge in [-0.1, -0.05) is 18.2 Å². The minimum Gasteiger partial charge on any atom is -0.361 e. The maximum absolute atomic E-state index is 13.1. The SMILES string of the molecule is O=C(c1ccc2c(-c3ccc(C(F)(F)F)cc3)c[nH]c2c1)N1CC(N2CCN(C(=O)c3cscn3)CC2)C1. The number of thiazole rings is 1. The molecular formula is C27H24F3N5O2S. The van der Waals surface area contributed by atoms with E-state index in [0.29, 0.717) is 43.0 Å². The Kier molecular flexibility index (Phi) is 6.19. The molecule has 7 nitrogen and oxygen atoms in total. The first-order valence-corrected chi connectivity index (χ1v) is 13.2. The number of benzene rings is 2. The lowest BCUT2D eigenvalue weighted by Crippen LogP contribution is -2.64. The van der Waals surface area contributed by atoms with Gasteiger partial charge in [-0.05, 0) is 29.8 Å². The summed E-state index contributed by atoms with van der Waals surface area (Å²) in [6, 6.07) is 10.7. The molecule has 2 fully saturated rings. The molecule has 0 bridgehead atoms. The molecule has 0 atom stereocenters. The zero-order valence-electron chi connectivity index (χ0n) is 20.2. The molecule has 0 spiro atoms. The van der Waals surface area contributed by atoms with Crippen LogP contribution in [0.4, 0.5) is 13.2 Å². The second-order valence-electron chi connectivity index (χ2n) is 9.60. The number of halogens is 3. The third-order valence-electron chi connectivity index (χ3n) is 7.37. The maximum Gasteiger partial charge on any atom is 0.416 e. The van der Waals surface area contributed by atoms with Gasteiger partial charge >= 0.3 is 6.18 Å². The van der Waals surface area contributed by atoms with Crippen LogP contribution in [0.15, 0.2) is 59.6 Å². The molecule has 0 saturated carbocycles. The largest absolute Gasteiger partial charge is 0.416 e. The molecule has 0 aliphatic carbocycles. The lowest BCUT2D eigenvalue weighted by Gasteiger charge is -2.48. The summed E-state index contributed by atoms with van der Waals surface area (Å²) in [5.74, 6) is -0.0799. The van der Waals surface area contributed by atoms with E-state index in [-0.39, 0.29) is 17.9 Å². The number of H-pyrrole nitrogens is 1. The summed E-state index contributed by atoms with van der Waals surface area (Å²) < 4.78 is 38.7. The number of alkyl halides is 3. The van der Waals surface area contributed by atoms with E-state index in [4.69, 9.17) is 0 Å². The number of likely N-dealkylation sites (tertiary alicyclic amines) is 1. The summed E-state index contributed by atoms with van der Waals surface area (Å²) >= 11 is 1.41. The topological polar surface area (TPSA) is 72.5 Å². The van der Waals surface area contributed by atoms with Crippen molar-refractivity contribution in [2.75, 3.05) is 39.3 Å². The summed E-state index contributed by atoms with van der Waals surface area (Å²) in [5, 5.41) is 2.61. The van der Waals surface area contributed by atoms with E-state index in [1.54, 1.807) is 29.2 Å². The molecule has 6 rings (SSSR count). The quantitative estimate of drug-likeness (QED) is 0.412. The standard InChI is InChI=1S/C27H24F3N5O2S/c28-27(29,30)19-4-1-17(2-5-19)22-12-31-23-11-18(3-6-21(22)23)25(36)35-13-20(14-35)33-7-9-34(10-8-33)26(37)24-15-38-16-32-24/h1-6,11-12,15-16,20,31H,7-10,13-14H2. The number of fused-ring (bicyclic) bond motifs is 1. The molecule has 2 aromatic carbocycles. The second kappa shape index (κ2) is 9.55. The molecule has 196 valence electrons. The minimum atomic E-state index is -4.38. The van der Waals surface area contributed by atoms with Gasteiger partial charge in [-0.15, -0.1) is 11.3 Å². The van der Waals surface area contributed by atoms with Gasteiger partial charge in [-0.3, -0.25) is 14.5 Å². The predicted octanol–water partition coefficient (Wildman–Crippen LogP) is 4.59. The molecule has 1 N–H and O–H groups in total. The van der Waals surface area contributed by atoms with Crippen molar-refractivity contribution in [2.24, 2.45) is 0 Å². The molecule has 2 aliphatic heterocycles. The Bertz CT molecular complexity index is 1470. The van der Waals surface area contributed by atoms with Gasteiger partial charge in [0.2, 0.25) is 0 Å². The van der Waals surface area contributed by atoms with E-state index in [1.807, 2.05) is 15.9 Å². The zero-order valence-corrected chi connectivity index (χ0v) is 21.1. The number of aromatic amines is 1. The molecule has 2 aromatic heterocycles. The molecule has 4 aromatic rings. The van der Waals surface area contributed by atoms with Gasteiger partial charge in [0.05, 0.1) is 11.1 Å². The Morgan fingerprint density at radius 3 is 2.34 bits per heavy atom. The van der Waals surface area contributed by atoms with Crippen molar-refractivity contribution in [3.63, 3.8) is 0 Å². The first-order chi connectivity index (χ1) is 18.3. The Morgan fingerprint density at radius 1 is 0.947 bits per heavy atom. The minimum absolute atomic E-state index is 0.0301. The Labute approximate surface area is 220 Å². The van der Waals surface area contributed by atoms with Gasteiger partial charge in [-0.2, -0.15) is 13.2 Å². The van der Waals surface area contributed by atoms with E-state index in [0.717, 1.165) is 41.7 Å². The number of amides is 2. The Hall–Kier alpha value is -3.70. The Balaban J connectivity index is 1.06. The van der Waals surface area contributed by atoms with Gasteiger partial charge in [-0.25, -0.2) is 4.98 Å². The summed E-state index contributed by atoms with van der Waals surface area (Å²) in [4.78, 5) is 38.8. The van der Waals surface area contributed by atoms with E-state index in [9.17, 15) is 22.8 Å². The lowest BCUT2D eigenvalue weighted by atomic mass is 10.0. The fourth-order valence-electron chi connectivity index (χ4n) is 5.14. The highest BCUT2D eigenvalue weighted by Crippen LogP contribution is 2.34. The second-order valence-corrected chi connectivity index (χ2v) is 10.3. The summed E-state index contributed by atoms with van der Waals surface area (Å²) in [6.07, 6.45) is -2.63. The van der Waals surface area contributed by atoms with Gasteiger partial charge in [0.15, 0.2) is 0 Å². The van der Waals surface area contributed by atoms with Crippen LogP contribution in [0.25, 0.3) is 22.0 Å². The third kappa shape index (κ3) is 4.56. The molecule has 38 heavy (non-hydrogen) atoms. The van der Waals surface area contributed by atoms with E-state index in [1.165, 1.54) is 23.5 Å². The first kappa shape index (κ1) is 24.6. The van der Waals surface area contributed by atoms with Gasteiger partial charge in [0.25, 0.3) is 11.8 Å². The number of hydrogen-bond donors (Lipinski definition) is 1. The molecule has 0 unspecified atom stereocenters. The van der Waals surface area contributed by atoms with Crippen LogP contribution in [0.5, 0.6) is 0 Å². The summed E-state index contributed by atoms with van der Waals surface area (Å²) in [5.41, 5.74) is 4.24. The van der Waals surface area contributed by atoms with Crippen molar-refractivity contribution in [1.29, 1.82) is 0 Å². The highest BCUT2D eigenvalue weighted by Gasteiger charge is 2.37.